The smallest absolute Gasteiger partial charge is 0.313 e. The fourth-order valence-electron chi connectivity index (χ4n) is 4.19. The second-order valence-corrected chi connectivity index (χ2v) is 9.43. The van der Waals surface area contributed by atoms with Crippen molar-refractivity contribution in [2.75, 3.05) is 6.54 Å². The summed E-state index contributed by atoms with van der Waals surface area (Å²) < 4.78 is 40.4. The molecule has 5 rings (SSSR count). The molecule has 2 aliphatic rings. The van der Waals surface area contributed by atoms with Crippen LogP contribution in [0.4, 0.5) is 13.2 Å². The second kappa shape index (κ2) is 7.50. The lowest BCUT2D eigenvalue weighted by molar-refractivity contribution is -0.137. The molecule has 0 bridgehead atoms. The lowest BCUT2D eigenvalue weighted by Gasteiger charge is -2.23. The molecule has 3 aromatic rings. The number of nitrogens with zero attached hydrogens (tertiary/aromatic N) is 2. The third-order valence-corrected chi connectivity index (χ3v) is 7.20. The first kappa shape index (κ1) is 19.8. The number of aryl methyl sites for hydroxylation is 1. The van der Waals surface area contributed by atoms with E-state index in [1.165, 1.54) is 34.7 Å². The molecule has 1 fully saturated rings. The summed E-state index contributed by atoms with van der Waals surface area (Å²) in [5.74, 6) is 0.832. The van der Waals surface area contributed by atoms with Gasteiger partial charge in [0.15, 0.2) is 0 Å². The first-order valence-corrected chi connectivity index (χ1v) is 11.1. The predicted molar refractivity (Wildman–Crippen MR) is 111 cm³/mol. The Labute approximate surface area is 175 Å². The van der Waals surface area contributed by atoms with Crippen LogP contribution in [0.25, 0.3) is 10.2 Å². The van der Waals surface area contributed by atoms with Crippen molar-refractivity contribution in [3.05, 3.63) is 62.5 Å². The number of rotatable bonds is 5. The summed E-state index contributed by atoms with van der Waals surface area (Å²) in [6.45, 7) is 1.15. The van der Waals surface area contributed by atoms with Gasteiger partial charge in [0.05, 0.1) is 23.8 Å². The molecule has 1 N–H and O–H groups in total. The van der Waals surface area contributed by atoms with Crippen molar-refractivity contribution in [3.8, 4) is 0 Å². The van der Waals surface area contributed by atoms with Crippen LogP contribution < -0.4 is 10.9 Å². The van der Waals surface area contributed by atoms with Gasteiger partial charge in [0.1, 0.15) is 4.83 Å². The van der Waals surface area contributed by atoms with Crippen molar-refractivity contribution >= 4 is 21.6 Å². The minimum atomic E-state index is -4.40. The summed E-state index contributed by atoms with van der Waals surface area (Å²) in [7, 11) is 0. The van der Waals surface area contributed by atoms with E-state index in [1.807, 2.05) is 0 Å². The molecule has 1 atom stereocenters. The van der Waals surface area contributed by atoms with Gasteiger partial charge in [0.25, 0.3) is 5.56 Å². The molecule has 30 heavy (non-hydrogen) atoms. The van der Waals surface area contributed by atoms with E-state index in [9.17, 15) is 18.0 Å². The summed E-state index contributed by atoms with van der Waals surface area (Å²) in [5.41, 5.74) is 0.635. The fraction of sp³-hybridized carbons (Fsp3) is 0.455. The summed E-state index contributed by atoms with van der Waals surface area (Å²) in [6, 6.07) is 5.55. The zero-order valence-corrected chi connectivity index (χ0v) is 17.2. The molecular weight excluding hydrogens is 411 g/mol. The molecule has 0 amide bonds. The lowest BCUT2D eigenvalue weighted by Crippen LogP contribution is -2.35. The number of fused-ring (bicyclic) bond motifs is 3. The van der Waals surface area contributed by atoms with Gasteiger partial charge in [-0.15, -0.1) is 11.3 Å². The molecular formula is C22H22F3N3OS. The highest BCUT2D eigenvalue weighted by Crippen LogP contribution is 2.35. The van der Waals surface area contributed by atoms with Crippen LogP contribution in [0.15, 0.2) is 35.4 Å². The number of thiophene rings is 1. The average Bonchev–Trinajstić information content (AvgIpc) is 3.47. The lowest BCUT2D eigenvalue weighted by atomic mass is 9.93. The van der Waals surface area contributed by atoms with E-state index in [1.54, 1.807) is 17.4 Å². The summed E-state index contributed by atoms with van der Waals surface area (Å²) in [5, 5.41) is 4.30. The Kier molecular flexibility index (Phi) is 4.94. The maximum Gasteiger partial charge on any atom is 0.416 e. The number of aromatic nitrogens is 2. The quantitative estimate of drug-likeness (QED) is 0.650. The molecule has 1 saturated carbocycles. The minimum Gasteiger partial charge on any atom is -0.313 e. The van der Waals surface area contributed by atoms with Gasteiger partial charge >= 0.3 is 6.18 Å². The standard InChI is InChI=1S/C22H22F3N3OS/c23-22(24,25)15-3-1-2-14(8-15)11-28-12-27-20-19(21(28)29)17-7-6-16(9-18(17)30-20)26-10-13-4-5-13/h1-3,8,12-13,16,26H,4-7,9-11H2/t16-/m1/s1. The monoisotopic (exact) mass is 433 g/mol. The summed E-state index contributed by atoms with van der Waals surface area (Å²) in [4.78, 5) is 19.6. The van der Waals surface area contributed by atoms with Crippen LogP contribution in [0.5, 0.6) is 0 Å². The molecule has 0 saturated heterocycles. The maximum absolute atomic E-state index is 13.1. The summed E-state index contributed by atoms with van der Waals surface area (Å²) >= 11 is 1.58. The highest BCUT2D eigenvalue weighted by Gasteiger charge is 2.30. The Bertz CT molecular complexity index is 1150. The van der Waals surface area contributed by atoms with Crippen LogP contribution in [0.1, 0.15) is 40.8 Å². The van der Waals surface area contributed by atoms with Crippen LogP contribution in [0.2, 0.25) is 0 Å². The van der Waals surface area contributed by atoms with Gasteiger partial charge in [0.2, 0.25) is 0 Å². The van der Waals surface area contributed by atoms with Crippen LogP contribution in [0, 0.1) is 5.92 Å². The Morgan fingerprint density at radius 1 is 1.23 bits per heavy atom. The molecule has 8 heteroatoms. The molecule has 0 spiro atoms. The maximum atomic E-state index is 13.1. The van der Waals surface area contributed by atoms with Crippen molar-refractivity contribution in [1.82, 2.24) is 14.9 Å². The fourth-order valence-corrected chi connectivity index (χ4v) is 5.44. The van der Waals surface area contributed by atoms with Gasteiger partial charge in [-0.1, -0.05) is 12.1 Å². The third kappa shape index (κ3) is 3.90. The van der Waals surface area contributed by atoms with Gasteiger partial charge in [-0.3, -0.25) is 9.36 Å². The van der Waals surface area contributed by atoms with Gasteiger partial charge < -0.3 is 5.32 Å². The number of hydrogen-bond acceptors (Lipinski definition) is 4. The van der Waals surface area contributed by atoms with Gasteiger partial charge in [-0.05, 0) is 67.8 Å². The molecule has 0 aliphatic heterocycles. The van der Waals surface area contributed by atoms with Crippen molar-refractivity contribution in [3.63, 3.8) is 0 Å². The van der Waals surface area contributed by atoms with Crippen LogP contribution in [-0.4, -0.2) is 22.1 Å². The van der Waals surface area contributed by atoms with Crippen LogP contribution in [0.3, 0.4) is 0 Å². The Morgan fingerprint density at radius 3 is 2.83 bits per heavy atom. The van der Waals surface area contributed by atoms with Crippen LogP contribution >= 0.6 is 11.3 Å². The van der Waals surface area contributed by atoms with E-state index in [2.05, 4.69) is 10.3 Å². The first-order valence-electron chi connectivity index (χ1n) is 10.3. The van der Waals surface area contributed by atoms with Crippen molar-refractivity contribution in [2.24, 2.45) is 5.92 Å². The average molecular weight is 433 g/mol. The zero-order chi connectivity index (χ0) is 20.9. The second-order valence-electron chi connectivity index (χ2n) is 8.35. The Balaban J connectivity index is 1.42. The molecule has 2 heterocycles. The van der Waals surface area contributed by atoms with E-state index in [4.69, 9.17) is 0 Å². The Hall–Kier alpha value is -2.19. The number of halogens is 3. The van der Waals surface area contributed by atoms with E-state index >= 15 is 0 Å². The number of nitrogens with one attached hydrogen (secondary N) is 1. The third-order valence-electron chi connectivity index (χ3n) is 6.04. The van der Waals surface area contributed by atoms with Crippen molar-refractivity contribution in [2.45, 2.75) is 50.9 Å². The first-order chi connectivity index (χ1) is 14.4. The van der Waals surface area contributed by atoms with E-state index in [0.717, 1.165) is 54.3 Å². The molecule has 0 unspecified atom stereocenters. The normalized spacial score (nSPS) is 19.2. The predicted octanol–water partition coefficient (Wildman–Crippen LogP) is 4.38. The molecule has 4 nitrogen and oxygen atoms in total. The molecule has 2 aliphatic carbocycles. The highest BCUT2D eigenvalue weighted by molar-refractivity contribution is 7.18. The molecule has 1 aromatic carbocycles. The largest absolute Gasteiger partial charge is 0.416 e. The molecule has 2 aromatic heterocycles. The van der Waals surface area contributed by atoms with Crippen molar-refractivity contribution < 1.29 is 13.2 Å². The number of alkyl halides is 3. The van der Waals surface area contributed by atoms with Crippen molar-refractivity contribution in [1.29, 1.82) is 0 Å². The van der Waals surface area contributed by atoms with E-state index in [0.29, 0.717) is 17.0 Å². The minimum absolute atomic E-state index is 0.0713. The number of benzene rings is 1. The van der Waals surface area contributed by atoms with Gasteiger partial charge in [-0.25, -0.2) is 4.98 Å². The van der Waals surface area contributed by atoms with E-state index < -0.39 is 11.7 Å². The Morgan fingerprint density at radius 2 is 2.07 bits per heavy atom. The highest BCUT2D eigenvalue weighted by atomic mass is 32.1. The zero-order valence-electron chi connectivity index (χ0n) is 16.3. The number of hydrogen-bond donors (Lipinski definition) is 1. The molecule has 158 valence electrons. The molecule has 0 radical (unpaired) electrons. The summed E-state index contributed by atoms with van der Waals surface area (Å²) in [6.07, 6.45) is 2.44. The topological polar surface area (TPSA) is 46.9 Å². The van der Waals surface area contributed by atoms with E-state index in [-0.39, 0.29) is 12.1 Å². The SMILES string of the molecule is O=c1c2c3c(sc2ncn1Cc1cccc(C(F)(F)F)c1)C[C@H](NCC1CC1)CC3. The van der Waals surface area contributed by atoms with Crippen LogP contribution in [-0.2, 0) is 25.6 Å². The van der Waals surface area contributed by atoms with Gasteiger partial charge in [-0.2, -0.15) is 13.2 Å². The van der Waals surface area contributed by atoms with Gasteiger partial charge in [0, 0.05) is 10.9 Å².